The number of halogens is 1. The van der Waals surface area contributed by atoms with Gasteiger partial charge in [-0.05, 0) is 55.9 Å². The lowest BCUT2D eigenvalue weighted by Crippen LogP contribution is -2.29. The van der Waals surface area contributed by atoms with E-state index in [-0.39, 0.29) is 18.3 Å². The van der Waals surface area contributed by atoms with Crippen molar-refractivity contribution < 1.29 is 9.18 Å². The molecule has 5 nitrogen and oxygen atoms in total. The van der Waals surface area contributed by atoms with Gasteiger partial charge in [0.1, 0.15) is 12.4 Å². The van der Waals surface area contributed by atoms with Crippen LogP contribution in [-0.4, -0.2) is 27.0 Å². The Labute approximate surface area is 179 Å². The van der Waals surface area contributed by atoms with E-state index in [1.807, 2.05) is 16.7 Å². The van der Waals surface area contributed by atoms with E-state index in [2.05, 4.69) is 21.4 Å². The van der Waals surface area contributed by atoms with E-state index in [0.717, 1.165) is 41.0 Å². The molecule has 2 heterocycles. The molecule has 4 rings (SSSR count). The van der Waals surface area contributed by atoms with Gasteiger partial charge in [0.25, 0.3) is 0 Å². The predicted molar refractivity (Wildman–Crippen MR) is 118 cm³/mol. The first kappa shape index (κ1) is 20.6. The van der Waals surface area contributed by atoms with E-state index < -0.39 is 0 Å². The molecule has 1 aliphatic rings. The normalized spacial score (nSPS) is 14.0. The first-order chi connectivity index (χ1) is 14.7. The minimum atomic E-state index is -0.252. The third-order valence-corrected chi connectivity index (χ3v) is 6.28. The Morgan fingerprint density at radius 1 is 1.27 bits per heavy atom. The Kier molecular flexibility index (Phi) is 6.79. The molecule has 0 saturated carbocycles. The largest absolute Gasteiger partial charge is 0.354 e. The van der Waals surface area contributed by atoms with Gasteiger partial charge in [-0.25, -0.2) is 9.37 Å². The van der Waals surface area contributed by atoms with Crippen LogP contribution in [0.3, 0.4) is 0 Å². The number of allylic oxidation sites excluding steroid dienone is 1. The first-order valence-corrected chi connectivity index (χ1v) is 11.3. The number of rotatable bonds is 8. The fourth-order valence-electron chi connectivity index (χ4n) is 3.68. The second-order valence-corrected chi connectivity index (χ2v) is 8.41. The van der Waals surface area contributed by atoms with E-state index in [9.17, 15) is 9.18 Å². The van der Waals surface area contributed by atoms with Crippen LogP contribution >= 0.6 is 11.8 Å². The van der Waals surface area contributed by atoms with Crippen LogP contribution < -0.4 is 5.32 Å². The number of imidazole rings is 1. The third kappa shape index (κ3) is 5.27. The van der Waals surface area contributed by atoms with Crippen molar-refractivity contribution >= 4 is 28.7 Å². The van der Waals surface area contributed by atoms with Gasteiger partial charge in [-0.1, -0.05) is 35.5 Å². The molecule has 0 radical (unpaired) electrons. The molecule has 1 aliphatic carbocycles. The van der Waals surface area contributed by atoms with Crippen LogP contribution in [0.25, 0.3) is 11.0 Å². The van der Waals surface area contributed by atoms with Crippen LogP contribution in [0.15, 0.2) is 59.5 Å². The topological polar surface area (TPSA) is 59.8 Å². The second-order valence-electron chi connectivity index (χ2n) is 7.47. The number of thioether (sulfide) groups is 1. The Balaban J connectivity index is 1.43. The van der Waals surface area contributed by atoms with E-state index in [0.29, 0.717) is 12.3 Å². The Morgan fingerprint density at radius 2 is 2.20 bits per heavy atom. The van der Waals surface area contributed by atoms with Crippen LogP contribution in [0.5, 0.6) is 0 Å². The molecule has 7 heteroatoms. The molecule has 156 valence electrons. The maximum atomic E-state index is 13.5. The molecule has 1 N–H and O–H groups in total. The second kappa shape index (κ2) is 9.89. The maximum absolute atomic E-state index is 13.5. The monoisotopic (exact) mass is 424 g/mol. The van der Waals surface area contributed by atoms with Crippen molar-refractivity contribution in [3.8, 4) is 0 Å². The fourth-order valence-corrected chi connectivity index (χ4v) is 4.64. The maximum Gasteiger partial charge on any atom is 0.240 e. The highest BCUT2D eigenvalue weighted by Gasteiger charge is 2.15. The Hall–Kier alpha value is -2.67. The van der Waals surface area contributed by atoms with Crippen LogP contribution in [0, 0.1) is 5.82 Å². The summed E-state index contributed by atoms with van der Waals surface area (Å²) < 4.78 is 15.4. The number of benzene rings is 1. The molecule has 3 aromatic rings. The summed E-state index contributed by atoms with van der Waals surface area (Å²) in [5, 5.41) is 3.76. The summed E-state index contributed by atoms with van der Waals surface area (Å²) in [4.78, 5) is 21.5. The van der Waals surface area contributed by atoms with Crippen molar-refractivity contribution in [2.75, 3.05) is 6.54 Å². The van der Waals surface area contributed by atoms with Crippen LogP contribution in [0.2, 0.25) is 0 Å². The van der Waals surface area contributed by atoms with Gasteiger partial charge in [-0.15, -0.1) is 0 Å². The molecule has 0 spiro atoms. The molecule has 1 aromatic carbocycles. The molecule has 0 aliphatic heterocycles. The molecule has 0 bridgehead atoms. The average Bonchev–Trinajstić information content (AvgIpc) is 3.10. The third-order valence-electron chi connectivity index (χ3n) is 5.23. The minimum Gasteiger partial charge on any atom is -0.354 e. The summed E-state index contributed by atoms with van der Waals surface area (Å²) in [7, 11) is 0. The lowest BCUT2D eigenvalue weighted by atomic mass is 9.97. The molecule has 0 saturated heterocycles. The van der Waals surface area contributed by atoms with Crippen LogP contribution in [0.1, 0.15) is 37.7 Å². The minimum absolute atomic E-state index is 0.0397. The van der Waals surface area contributed by atoms with E-state index >= 15 is 0 Å². The molecule has 0 fully saturated rings. The summed E-state index contributed by atoms with van der Waals surface area (Å²) in [5.41, 5.74) is 3.95. The quantitative estimate of drug-likeness (QED) is 0.414. The predicted octanol–water partition coefficient (Wildman–Crippen LogP) is 4.87. The average molecular weight is 425 g/mol. The highest BCUT2D eigenvalue weighted by molar-refractivity contribution is 7.98. The number of fused-ring (bicyclic) bond motifs is 1. The van der Waals surface area contributed by atoms with Crippen LogP contribution in [-0.2, 0) is 17.1 Å². The van der Waals surface area contributed by atoms with Crippen molar-refractivity contribution in [3.63, 3.8) is 0 Å². The number of amides is 1. The van der Waals surface area contributed by atoms with Gasteiger partial charge in [0, 0.05) is 18.5 Å². The SMILES string of the molecule is O=C(Cn1c(SCc2cccc(F)c2)nc2ccncc21)NCCC1=CCCCC1. The number of hydrogen-bond donors (Lipinski definition) is 1. The lowest BCUT2D eigenvalue weighted by Gasteiger charge is -2.13. The standard InChI is InChI=1S/C23H25FN4OS/c24-19-8-4-7-18(13-19)16-30-23-27-20-10-11-25-14-21(20)28(23)15-22(29)26-12-9-17-5-2-1-3-6-17/h4-5,7-8,10-11,13-14H,1-3,6,9,12,15-16H2,(H,26,29). The zero-order chi connectivity index (χ0) is 20.8. The van der Waals surface area contributed by atoms with Gasteiger partial charge in [-0.2, -0.15) is 0 Å². The van der Waals surface area contributed by atoms with Gasteiger partial charge >= 0.3 is 0 Å². The van der Waals surface area contributed by atoms with Gasteiger partial charge < -0.3 is 9.88 Å². The highest BCUT2D eigenvalue weighted by Crippen LogP contribution is 2.26. The summed E-state index contributed by atoms with van der Waals surface area (Å²) >= 11 is 1.49. The number of hydrogen-bond acceptors (Lipinski definition) is 4. The number of carbonyl (C=O) groups is 1. The first-order valence-electron chi connectivity index (χ1n) is 10.3. The number of pyridine rings is 1. The molecular weight excluding hydrogens is 399 g/mol. The van der Waals surface area contributed by atoms with Gasteiger partial charge in [0.2, 0.25) is 5.91 Å². The van der Waals surface area contributed by atoms with Gasteiger partial charge in [0.05, 0.1) is 17.2 Å². The van der Waals surface area contributed by atoms with Crippen LogP contribution in [0.4, 0.5) is 4.39 Å². The molecule has 30 heavy (non-hydrogen) atoms. The highest BCUT2D eigenvalue weighted by atomic mass is 32.2. The van der Waals surface area contributed by atoms with Crippen molar-refractivity contribution in [1.82, 2.24) is 19.9 Å². The Bertz CT molecular complexity index is 1060. The Morgan fingerprint density at radius 3 is 3.03 bits per heavy atom. The summed E-state index contributed by atoms with van der Waals surface area (Å²) in [5.74, 6) is 0.282. The van der Waals surface area contributed by atoms with Crippen molar-refractivity contribution in [1.29, 1.82) is 0 Å². The summed E-state index contributed by atoms with van der Waals surface area (Å²) in [6.45, 7) is 0.841. The lowest BCUT2D eigenvalue weighted by molar-refractivity contribution is -0.121. The number of nitrogens with zero attached hydrogens (tertiary/aromatic N) is 3. The van der Waals surface area contributed by atoms with Gasteiger partial charge in [-0.3, -0.25) is 9.78 Å². The zero-order valence-electron chi connectivity index (χ0n) is 16.8. The van der Waals surface area contributed by atoms with Gasteiger partial charge in [0.15, 0.2) is 5.16 Å². The smallest absolute Gasteiger partial charge is 0.240 e. The number of nitrogens with one attached hydrogen (secondary N) is 1. The summed E-state index contributed by atoms with van der Waals surface area (Å²) in [6, 6.07) is 8.38. The van der Waals surface area contributed by atoms with E-state index in [1.54, 1.807) is 18.5 Å². The molecule has 0 unspecified atom stereocenters. The molecule has 0 atom stereocenters. The van der Waals surface area contributed by atoms with Crippen molar-refractivity contribution in [3.05, 3.63) is 65.8 Å². The van der Waals surface area contributed by atoms with Crippen molar-refractivity contribution in [2.24, 2.45) is 0 Å². The molecular formula is C23H25FN4OS. The molecule has 2 aromatic heterocycles. The zero-order valence-corrected chi connectivity index (χ0v) is 17.6. The number of aromatic nitrogens is 3. The van der Waals surface area contributed by atoms with E-state index in [1.165, 1.54) is 42.3 Å². The summed E-state index contributed by atoms with van der Waals surface area (Å²) in [6.07, 6.45) is 11.5. The van der Waals surface area contributed by atoms with E-state index in [4.69, 9.17) is 0 Å². The van der Waals surface area contributed by atoms with Crippen molar-refractivity contribution in [2.45, 2.75) is 49.6 Å². The molecule has 1 amide bonds. The number of carbonyl (C=O) groups excluding carboxylic acids is 1. The fraction of sp³-hybridized carbons (Fsp3) is 0.348.